The number of rotatable bonds is 6. The Hall–Kier alpha value is -2.09. The molecule has 0 spiro atoms. The molecule has 0 bridgehead atoms. The van der Waals surface area contributed by atoms with E-state index in [0.717, 1.165) is 0 Å². The Labute approximate surface area is 110 Å². The van der Waals surface area contributed by atoms with Gasteiger partial charge in [0, 0.05) is 31.9 Å². The number of hydrogen-bond donors (Lipinski definition) is 3. The average molecular weight is 270 g/mol. The molecule has 0 fully saturated rings. The number of aliphatic hydroxyl groups is 1. The number of aryl methyl sites for hydroxylation is 1. The van der Waals surface area contributed by atoms with Crippen molar-refractivity contribution in [3.05, 3.63) is 18.0 Å². The molecule has 1 aromatic rings. The minimum atomic E-state index is -1.17. The van der Waals surface area contributed by atoms with Crippen LogP contribution < -0.4 is 5.32 Å². The molecule has 1 aromatic heterocycles. The molecular formula is C11H18N4O4. The van der Waals surface area contributed by atoms with Crippen LogP contribution in [0.5, 0.6) is 0 Å². The number of carboxylic acid groups (broad SMARTS) is 1. The lowest BCUT2D eigenvalue weighted by atomic mass is 10.1. The Morgan fingerprint density at radius 3 is 2.68 bits per heavy atom. The summed E-state index contributed by atoms with van der Waals surface area (Å²) in [7, 11) is 1.66. The number of hydrogen-bond acceptors (Lipinski definition) is 4. The van der Waals surface area contributed by atoms with E-state index in [1.54, 1.807) is 14.0 Å². The second-order valence-electron chi connectivity index (χ2n) is 3.97. The number of carbonyl (C=O) groups excluding carboxylic acids is 1. The van der Waals surface area contributed by atoms with Gasteiger partial charge in [0.05, 0.1) is 12.8 Å². The summed E-state index contributed by atoms with van der Waals surface area (Å²) in [6, 6.07) is -1.69. The molecule has 8 heteroatoms. The standard InChI is InChI=1S/C11H18N4O4/c1-3-15(4-5-16)11(19)13-9(10(17)18)8-6-12-14(2)7-8/h6-7,9,16H,3-5H2,1-2H3,(H,13,19)(H,17,18). The number of urea groups is 1. The summed E-state index contributed by atoms with van der Waals surface area (Å²) in [5, 5.41) is 24.3. The Bertz CT molecular complexity index is 446. The monoisotopic (exact) mass is 270 g/mol. The SMILES string of the molecule is CCN(CCO)C(=O)NC(C(=O)O)c1cnn(C)c1. The summed E-state index contributed by atoms with van der Waals surface area (Å²) in [6.45, 7) is 2.11. The first-order valence-electron chi connectivity index (χ1n) is 5.87. The van der Waals surface area contributed by atoms with Gasteiger partial charge < -0.3 is 20.4 Å². The Kier molecular flexibility index (Phi) is 5.31. The van der Waals surface area contributed by atoms with Crippen molar-refractivity contribution < 1.29 is 19.8 Å². The second kappa shape index (κ2) is 6.74. The average Bonchev–Trinajstić information content (AvgIpc) is 2.78. The lowest BCUT2D eigenvalue weighted by Crippen LogP contribution is -2.44. The van der Waals surface area contributed by atoms with Gasteiger partial charge in [0.15, 0.2) is 6.04 Å². The van der Waals surface area contributed by atoms with E-state index in [1.165, 1.54) is 22.0 Å². The number of aliphatic hydroxyl groups excluding tert-OH is 1. The minimum absolute atomic E-state index is 0.154. The molecule has 0 aromatic carbocycles. The molecule has 0 saturated carbocycles. The highest BCUT2D eigenvalue weighted by Crippen LogP contribution is 2.12. The van der Waals surface area contributed by atoms with Gasteiger partial charge in [0.1, 0.15) is 0 Å². The smallest absolute Gasteiger partial charge is 0.331 e. The Morgan fingerprint density at radius 1 is 1.58 bits per heavy atom. The van der Waals surface area contributed by atoms with Gasteiger partial charge in [0.2, 0.25) is 0 Å². The first kappa shape index (κ1) is 15.0. The molecule has 1 unspecified atom stereocenters. The zero-order valence-electron chi connectivity index (χ0n) is 10.9. The highest BCUT2D eigenvalue weighted by Gasteiger charge is 2.25. The van der Waals surface area contributed by atoms with Crippen LogP contribution in [-0.2, 0) is 11.8 Å². The van der Waals surface area contributed by atoms with E-state index < -0.39 is 18.0 Å². The van der Waals surface area contributed by atoms with Crippen molar-refractivity contribution in [3.63, 3.8) is 0 Å². The van der Waals surface area contributed by atoms with Crippen LogP contribution in [0.2, 0.25) is 0 Å². The maximum atomic E-state index is 11.9. The van der Waals surface area contributed by atoms with Crippen LogP contribution in [0.15, 0.2) is 12.4 Å². The van der Waals surface area contributed by atoms with E-state index in [2.05, 4.69) is 10.4 Å². The third kappa shape index (κ3) is 3.95. The Morgan fingerprint density at radius 2 is 2.26 bits per heavy atom. The topological polar surface area (TPSA) is 108 Å². The minimum Gasteiger partial charge on any atom is -0.479 e. The summed E-state index contributed by atoms with van der Waals surface area (Å²) in [4.78, 5) is 24.4. The summed E-state index contributed by atoms with van der Waals surface area (Å²) in [5.41, 5.74) is 0.392. The van der Waals surface area contributed by atoms with E-state index in [0.29, 0.717) is 12.1 Å². The molecule has 2 amide bonds. The van der Waals surface area contributed by atoms with Crippen LogP contribution >= 0.6 is 0 Å². The van der Waals surface area contributed by atoms with Gasteiger partial charge in [-0.3, -0.25) is 4.68 Å². The van der Waals surface area contributed by atoms with Crippen LogP contribution in [-0.4, -0.2) is 56.6 Å². The molecule has 0 aliphatic heterocycles. The fourth-order valence-corrected chi connectivity index (χ4v) is 1.62. The quantitative estimate of drug-likeness (QED) is 0.650. The van der Waals surface area contributed by atoms with Gasteiger partial charge in [-0.1, -0.05) is 0 Å². The lowest BCUT2D eigenvalue weighted by molar-refractivity contribution is -0.139. The predicted molar refractivity (Wildman–Crippen MR) is 66.4 cm³/mol. The van der Waals surface area contributed by atoms with E-state index in [-0.39, 0.29) is 13.2 Å². The van der Waals surface area contributed by atoms with Crippen molar-refractivity contribution in [2.24, 2.45) is 7.05 Å². The fraction of sp³-hybridized carbons (Fsp3) is 0.545. The molecule has 0 radical (unpaired) electrons. The number of nitrogens with one attached hydrogen (secondary N) is 1. The van der Waals surface area contributed by atoms with E-state index in [4.69, 9.17) is 10.2 Å². The first-order chi connectivity index (χ1) is 8.99. The molecule has 19 heavy (non-hydrogen) atoms. The van der Waals surface area contributed by atoms with Crippen LogP contribution in [0.4, 0.5) is 4.79 Å². The number of likely N-dealkylation sites (N-methyl/N-ethyl adjacent to an activating group) is 1. The maximum Gasteiger partial charge on any atom is 0.331 e. The van der Waals surface area contributed by atoms with Crippen molar-refractivity contribution in [2.45, 2.75) is 13.0 Å². The molecule has 0 saturated heterocycles. The van der Waals surface area contributed by atoms with Gasteiger partial charge in [-0.05, 0) is 6.92 Å². The molecule has 8 nitrogen and oxygen atoms in total. The van der Waals surface area contributed by atoms with E-state index in [1.807, 2.05) is 0 Å². The molecular weight excluding hydrogens is 252 g/mol. The zero-order valence-corrected chi connectivity index (χ0v) is 10.9. The maximum absolute atomic E-state index is 11.9. The van der Waals surface area contributed by atoms with Gasteiger partial charge in [-0.15, -0.1) is 0 Å². The van der Waals surface area contributed by atoms with Crippen molar-refractivity contribution in [2.75, 3.05) is 19.7 Å². The Balaban J connectivity index is 2.79. The van der Waals surface area contributed by atoms with E-state index >= 15 is 0 Å². The molecule has 106 valence electrons. The molecule has 0 aliphatic carbocycles. The van der Waals surface area contributed by atoms with Gasteiger partial charge in [0.25, 0.3) is 0 Å². The van der Waals surface area contributed by atoms with Gasteiger partial charge in [-0.25, -0.2) is 9.59 Å². The highest BCUT2D eigenvalue weighted by atomic mass is 16.4. The van der Waals surface area contributed by atoms with Crippen molar-refractivity contribution in [1.29, 1.82) is 0 Å². The zero-order chi connectivity index (χ0) is 14.4. The van der Waals surface area contributed by atoms with Gasteiger partial charge >= 0.3 is 12.0 Å². The molecule has 1 atom stereocenters. The first-order valence-corrected chi connectivity index (χ1v) is 5.87. The highest BCUT2D eigenvalue weighted by molar-refractivity contribution is 5.83. The number of aromatic nitrogens is 2. The summed E-state index contributed by atoms with van der Waals surface area (Å²) in [6.07, 6.45) is 2.92. The molecule has 0 aliphatic rings. The number of carbonyl (C=O) groups is 2. The fourth-order valence-electron chi connectivity index (χ4n) is 1.62. The van der Waals surface area contributed by atoms with Gasteiger partial charge in [-0.2, -0.15) is 5.10 Å². The summed E-state index contributed by atoms with van der Waals surface area (Å²) >= 11 is 0. The van der Waals surface area contributed by atoms with Crippen molar-refractivity contribution in [3.8, 4) is 0 Å². The van der Waals surface area contributed by atoms with E-state index in [9.17, 15) is 9.59 Å². The number of nitrogens with zero attached hydrogens (tertiary/aromatic N) is 3. The third-order valence-electron chi connectivity index (χ3n) is 2.61. The third-order valence-corrected chi connectivity index (χ3v) is 2.61. The predicted octanol–water partition coefficient (Wildman–Crippen LogP) is -0.430. The van der Waals surface area contributed by atoms with Crippen LogP contribution in [0.3, 0.4) is 0 Å². The lowest BCUT2D eigenvalue weighted by Gasteiger charge is -2.22. The van der Waals surface area contributed by atoms with Crippen molar-refractivity contribution in [1.82, 2.24) is 20.0 Å². The largest absolute Gasteiger partial charge is 0.479 e. The summed E-state index contributed by atoms with van der Waals surface area (Å²) < 4.78 is 1.46. The molecule has 1 rings (SSSR count). The second-order valence-corrected chi connectivity index (χ2v) is 3.97. The number of carboxylic acids is 1. The summed E-state index contributed by atoms with van der Waals surface area (Å²) in [5.74, 6) is -1.17. The molecule has 1 heterocycles. The van der Waals surface area contributed by atoms with Crippen LogP contribution in [0.25, 0.3) is 0 Å². The van der Waals surface area contributed by atoms with Crippen molar-refractivity contribution >= 4 is 12.0 Å². The van der Waals surface area contributed by atoms with Crippen LogP contribution in [0.1, 0.15) is 18.5 Å². The van der Waals surface area contributed by atoms with Crippen LogP contribution in [0, 0.1) is 0 Å². The number of aliphatic carboxylic acids is 1. The normalized spacial score (nSPS) is 11.9. The molecule has 3 N–H and O–H groups in total. The number of amides is 2.